The lowest BCUT2D eigenvalue weighted by molar-refractivity contribution is -0.0262. The van der Waals surface area contributed by atoms with Crippen LogP contribution in [0, 0.1) is 6.92 Å². The Morgan fingerprint density at radius 3 is 3.12 bits per heavy atom. The van der Waals surface area contributed by atoms with Crippen LogP contribution in [0.4, 0.5) is 0 Å². The molecule has 1 aliphatic rings. The second-order valence-electron chi connectivity index (χ2n) is 4.35. The van der Waals surface area contributed by atoms with Gasteiger partial charge in [0.2, 0.25) is 0 Å². The molecule has 0 amide bonds. The van der Waals surface area contributed by atoms with Crippen molar-refractivity contribution >= 4 is 11.3 Å². The zero-order valence-corrected chi connectivity index (χ0v) is 10.5. The average molecular weight is 242 g/mol. The Hall–Kier alpha value is -0.490. The number of hydrogen-bond donors (Lipinski definition) is 2. The number of rotatable bonds is 4. The first-order valence-electron chi connectivity index (χ1n) is 5.56. The number of aryl methyl sites for hydroxylation is 1. The van der Waals surface area contributed by atoms with E-state index in [0.717, 1.165) is 10.7 Å². The van der Waals surface area contributed by atoms with Crippen molar-refractivity contribution in [1.82, 2.24) is 10.3 Å². The summed E-state index contributed by atoms with van der Waals surface area (Å²) in [4.78, 5) is 4.36. The van der Waals surface area contributed by atoms with Gasteiger partial charge in [-0.05, 0) is 13.8 Å². The Labute approximate surface area is 99.7 Å². The molecule has 90 valence electrons. The molecule has 0 spiro atoms. The van der Waals surface area contributed by atoms with E-state index in [1.54, 1.807) is 11.3 Å². The summed E-state index contributed by atoms with van der Waals surface area (Å²) in [5.74, 6) is 0. The van der Waals surface area contributed by atoms with Gasteiger partial charge >= 0.3 is 0 Å². The summed E-state index contributed by atoms with van der Waals surface area (Å²) in [5.41, 5.74) is 0.338. The zero-order chi connectivity index (χ0) is 11.6. The van der Waals surface area contributed by atoms with Crippen molar-refractivity contribution in [3.8, 4) is 0 Å². The Balaban J connectivity index is 1.79. The fourth-order valence-corrected chi connectivity index (χ4v) is 2.61. The highest BCUT2D eigenvalue weighted by atomic mass is 32.1. The van der Waals surface area contributed by atoms with Crippen LogP contribution in [-0.4, -0.2) is 34.9 Å². The van der Waals surface area contributed by atoms with E-state index in [9.17, 15) is 5.11 Å². The minimum Gasteiger partial charge on any atom is -0.386 e. The van der Waals surface area contributed by atoms with Crippen molar-refractivity contribution in [3.63, 3.8) is 0 Å². The van der Waals surface area contributed by atoms with Crippen molar-refractivity contribution in [3.05, 3.63) is 16.1 Å². The van der Waals surface area contributed by atoms with Crippen LogP contribution in [0.3, 0.4) is 0 Å². The molecule has 2 N–H and O–H groups in total. The molecule has 2 rings (SSSR count). The van der Waals surface area contributed by atoms with Crippen LogP contribution >= 0.6 is 11.3 Å². The molecule has 5 heteroatoms. The van der Waals surface area contributed by atoms with Gasteiger partial charge in [-0.25, -0.2) is 4.98 Å². The van der Waals surface area contributed by atoms with Crippen molar-refractivity contribution in [1.29, 1.82) is 0 Å². The van der Waals surface area contributed by atoms with E-state index in [1.165, 1.54) is 0 Å². The lowest BCUT2D eigenvalue weighted by Gasteiger charge is -2.26. The molecule has 1 fully saturated rings. The van der Waals surface area contributed by atoms with Crippen molar-refractivity contribution in [2.45, 2.75) is 38.5 Å². The highest BCUT2D eigenvalue weighted by Gasteiger charge is 2.38. The second kappa shape index (κ2) is 4.79. The van der Waals surface area contributed by atoms with Gasteiger partial charge in [0.25, 0.3) is 0 Å². The fourth-order valence-electron chi connectivity index (χ4n) is 1.87. The lowest BCUT2D eigenvalue weighted by atomic mass is 9.97. The molecule has 1 aliphatic heterocycles. The number of aromatic nitrogens is 1. The molecular weight excluding hydrogens is 224 g/mol. The van der Waals surface area contributed by atoms with Crippen molar-refractivity contribution in [2.75, 3.05) is 13.2 Å². The van der Waals surface area contributed by atoms with E-state index < -0.39 is 5.60 Å². The van der Waals surface area contributed by atoms with Gasteiger partial charge in [0.15, 0.2) is 0 Å². The Morgan fingerprint density at radius 2 is 2.56 bits per heavy atom. The standard InChI is InChI=1S/C11H18N2O2S/c1-8-6-16-10(13-8)5-12-7-11(14)3-4-15-9(11)2/h6,9,12,14H,3-5,7H2,1-2H3. The first-order valence-corrected chi connectivity index (χ1v) is 6.44. The summed E-state index contributed by atoms with van der Waals surface area (Å²) in [6.07, 6.45) is 0.621. The van der Waals surface area contributed by atoms with Crippen LogP contribution in [0.5, 0.6) is 0 Å². The summed E-state index contributed by atoms with van der Waals surface area (Å²) < 4.78 is 5.37. The van der Waals surface area contributed by atoms with E-state index in [2.05, 4.69) is 10.3 Å². The molecule has 0 aromatic carbocycles. The summed E-state index contributed by atoms with van der Waals surface area (Å²) in [6.45, 7) is 5.83. The quantitative estimate of drug-likeness (QED) is 0.829. The third kappa shape index (κ3) is 2.60. The molecule has 2 heterocycles. The third-order valence-corrected chi connectivity index (χ3v) is 4.00. The maximum Gasteiger partial charge on any atom is 0.107 e. The molecule has 2 atom stereocenters. The molecule has 0 aliphatic carbocycles. The van der Waals surface area contributed by atoms with Gasteiger partial charge in [-0.3, -0.25) is 0 Å². The maximum atomic E-state index is 10.2. The minimum atomic E-state index is -0.716. The van der Waals surface area contributed by atoms with E-state index in [-0.39, 0.29) is 6.10 Å². The minimum absolute atomic E-state index is 0.0852. The summed E-state index contributed by atoms with van der Waals surface area (Å²) in [7, 11) is 0. The van der Waals surface area contributed by atoms with Gasteiger partial charge in [0.05, 0.1) is 6.10 Å². The monoisotopic (exact) mass is 242 g/mol. The molecular formula is C11H18N2O2S. The number of ether oxygens (including phenoxy) is 1. The first-order chi connectivity index (χ1) is 7.60. The van der Waals surface area contributed by atoms with Crippen LogP contribution in [0.25, 0.3) is 0 Å². The fraction of sp³-hybridized carbons (Fsp3) is 0.727. The van der Waals surface area contributed by atoms with E-state index in [0.29, 0.717) is 26.1 Å². The van der Waals surface area contributed by atoms with Crippen LogP contribution in [-0.2, 0) is 11.3 Å². The largest absolute Gasteiger partial charge is 0.386 e. The van der Waals surface area contributed by atoms with E-state index in [4.69, 9.17) is 4.74 Å². The normalized spacial score (nSPS) is 29.8. The number of hydrogen-bond acceptors (Lipinski definition) is 5. The SMILES string of the molecule is Cc1csc(CNCC2(O)CCOC2C)n1. The number of nitrogens with zero attached hydrogens (tertiary/aromatic N) is 1. The van der Waals surface area contributed by atoms with Gasteiger partial charge in [0.1, 0.15) is 10.6 Å². The van der Waals surface area contributed by atoms with Crippen LogP contribution in [0.1, 0.15) is 24.0 Å². The van der Waals surface area contributed by atoms with Gasteiger partial charge in [-0.15, -0.1) is 11.3 Å². The maximum absolute atomic E-state index is 10.2. The molecule has 2 unspecified atom stereocenters. The van der Waals surface area contributed by atoms with Gasteiger partial charge in [-0.1, -0.05) is 0 Å². The van der Waals surface area contributed by atoms with Gasteiger partial charge < -0.3 is 15.2 Å². The third-order valence-electron chi connectivity index (χ3n) is 3.03. The summed E-state index contributed by atoms with van der Waals surface area (Å²) >= 11 is 1.65. The van der Waals surface area contributed by atoms with E-state index >= 15 is 0 Å². The second-order valence-corrected chi connectivity index (χ2v) is 5.30. The van der Waals surface area contributed by atoms with Gasteiger partial charge in [0, 0.05) is 37.2 Å². The molecule has 1 saturated heterocycles. The van der Waals surface area contributed by atoms with Crippen molar-refractivity contribution in [2.24, 2.45) is 0 Å². The summed E-state index contributed by atoms with van der Waals surface area (Å²) in [6, 6.07) is 0. The highest BCUT2D eigenvalue weighted by Crippen LogP contribution is 2.24. The predicted molar refractivity (Wildman–Crippen MR) is 63.5 cm³/mol. The molecule has 0 radical (unpaired) electrons. The van der Waals surface area contributed by atoms with Crippen LogP contribution < -0.4 is 5.32 Å². The molecule has 4 nitrogen and oxygen atoms in total. The van der Waals surface area contributed by atoms with Crippen LogP contribution in [0.2, 0.25) is 0 Å². The Morgan fingerprint density at radius 1 is 1.75 bits per heavy atom. The Bertz CT molecular complexity index is 356. The molecule has 1 aromatic heterocycles. The summed E-state index contributed by atoms with van der Waals surface area (Å²) in [5, 5.41) is 16.6. The smallest absolute Gasteiger partial charge is 0.107 e. The van der Waals surface area contributed by atoms with E-state index in [1.807, 2.05) is 19.2 Å². The molecule has 16 heavy (non-hydrogen) atoms. The lowest BCUT2D eigenvalue weighted by Crippen LogP contribution is -2.45. The molecule has 0 saturated carbocycles. The molecule has 0 bridgehead atoms. The topological polar surface area (TPSA) is 54.4 Å². The zero-order valence-electron chi connectivity index (χ0n) is 9.69. The van der Waals surface area contributed by atoms with Crippen LogP contribution in [0.15, 0.2) is 5.38 Å². The first kappa shape index (κ1) is 12.0. The van der Waals surface area contributed by atoms with Crippen molar-refractivity contribution < 1.29 is 9.84 Å². The predicted octanol–water partition coefficient (Wildman–Crippen LogP) is 1.08. The average Bonchev–Trinajstić information content (AvgIpc) is 2.76. The highest BCUT2D eigenvalue weighted by molar-refractivity contribution is 7.09. The Kier molecular flexibility index (Phi) is 3.59. The van der Waals surface area contributed by atoms with Gasteiger partial charge in [-0.2, -0.15) is 0 Å². The molecule has 1 aromatic rings. The number of thiazole rings is 1. The number of nitrogens with one attached hydrogen (secondary N) is 1. The number of aliphatic hydroxyl groups is 1.